The lowest BCUT2D eigenvalue weighted by atomic mass is 9.69. The van der Waals surface area contributed by atoms with E-state index in [0.29, 0.717) is 11.8 Å². The van der Waals surface area contributed by atoms with Crippen LogP contribution in [0.5, 0.6) is 0 Å². The fourth-order valence-corrected chi connectivity index (χ4v) is 10.4. The van der Waals surface area contributed by atoms with Crippen molar-refractivity contribution < 1.29 is 0 Å². The number of anilines is 3. The van der Waals surface area contributed by atoms with E-state index in [-0.39, 0.29) is 0 Å². The highest BCUT2D eigenvalue weighted by Gasteiger charge is 2.32. The number of hydrogen-bond acceptors (Lipinski definition) is 1. The van der Waals surface area contributed by atoms with Crippen LogP contribution in [-0.2, 0) is 12.8 Å². The molecule has 3 aliphatic carbocycles. The number of benzene rings is 8. The Morgan fingerprint density at radius 2 is 1.17 bits per heavy atom. The van der Waals surface area contributed by atoms with Crippen molar-refractivity contribution in [3.8, 4) is 27.9 Å². The highest BCUT2D eigenvalue weighted by molar-refractivity contribution is 6.10. The average Bonchev–Trinajstić information content (AvgIpc) is 3.64. The van der Waals surface area contributed by atoms with E-state index < -0.39 is 0 Å². The molecule has 1 aromatic heterocycles. The van der Waals surface area contributed by atoms with E-state index in [2.05, 4.69) is 228 Å². The number of para-hydroxylation sites is 3. The van der Waals surface area contributed by atoms with Gasteiger partial charge in [-0.25, -0.2) is 0 Å². The summed E-state index contributed by atoms with van der Waals surface area (Å²) >= 11 is 0. The number of aromatic nitrogens is 1. The van der Waals surface area contributed by atoms with E-state index in [9.17, 15) is 0 Å². The second kappa shape index (κ2) is 14.1. The number of allylic oxidation sites excluding steroid dienone is 8. The van der Waals surface area contributed by atoms with Crippen LogP contribution in [0, 0.1) is 11.8 Å². The van der Waals surface area contributed by atoms with Crippen LogP contribution < -0.4 is 4.90 Å². The lowest BCUT2D eigenvalue weighted by Crippen LogP contribution is -2.25. The van der Waals surface area contributed by atoms with E-state index in [1.54, 1.807) is 0 Å². The normalized spacial score (nSPS) is 16.6. The van der Waals surface area contributed by atoms with Crippen LogP contribution in [0.3, 0.4) is 0 Å². The van der Waals surface area contributed by atoms with E-state index in [1.807, 2.05) is 0 Å². The standard InChI is InChI=1S/C58H42N2/c1-3-17-47(18-4-1)59(49-30-24-39(25-31-49)42-29-35-56-54(38-42)52-21-7-8-23-55(52)60(56)48-19-5-2-6-20-48)50-32-26-40(27-33-50)51-34-28-46-37-44-15-10-13-41-12-9-14-43(57(41)44)36-45-16-11-22-53(51)58(45)46/h1-35,38,43,57H,36-37H2. The summed E-state index contributed by atoms with van der Waals surface area (Å²) in [5.41, 5.74) is 17.8. The van der Waals surface area contributed by atoms with Gasteiger partial charge in [0.25, 0.3) is 0 Å². The third kappa shape index (κ3) is 5.71. The zero-order chi connectivity index (χ0) is 39.6. The molecule has 0 aliphatic heterocycles. The minimum absolute atomic E-state index is 0.475. The summed E-state index contributed by atoms with van der Waals surface area (Å²) in [5, 5.41) is 5.30. The van der Waals surface area contributed by atoms with Crippen molar-refractivity contribution in [3.05, 3.63) is 241 Å². The van der Waals surface area contributed by atoms with Gasteiger partial charge in [0.1, 0.15) is 0 Å². The van der Waals surface area contributed by atoms with Crippen molar-refractivity contribution in [1.29, 1.82) is 0 Å². The van der Waals surface area contributed by atoms with Crippen LogP contribution in [0.2, 0.25) is 0 Å². The van der Waals surface area contributed by atoms with Gasteiger partial charge < -0.3 is 9.47 Å². The summed E-state index contributed by atoms with van der Waals surface area (Å²) < 4.78 is 2.37. The Morgan fingerprint density at radius 1 is 0.483 bits per heavy atom. The third-order valence-corrected chi connectivity index (χ3v) is 13.1. The molecule has 2 heteroatoms. The van der Waals surface area contributed by atoms with Crippen LogP contribution >= 0.6 is 0 Å². The Morgan fingerprint density at radius 3 is 1.98 bits per heavy atom. The molecule has 3 aliphatic rings. The van der Waals surface area contributed by atoms with Gasteiger partial charge in [0, 0.05) is 39.4 Å². The maximum absolute atomic E-state index is 2.44. The maximum atomic E-state index is 2.44. The number of fused-ring (bicyclic) bond motifs is 3. The topological polar surface area (TPSA) is 8.17 Å². The zero-order valence-electron chi connectivity index (χ0n) is 33.2. The monoisotopic (exact) mass is 766 g/mol. The molecule has 284 valence electrons. The van der Waals surface area contributed by atoms with Crippen molar-refractivity contribution >= 4 is 49.6 Å². The van der Waals surface area contributed by atoms with E-state index >= 15 is 0 Å². The fraction of sp³-hybridized carbons (Fsp3) is 0.0690. The molecule has 9 aromatic rings. The molecule has 8 aromatic carbocycles. The van der Waals surface area contributed by atoms with Crippen LogP contribution in [0.15, 0.2) is 230 Å². The highest BCUT2D eigenvalue weighted by atomic mass is 15.1. The van der Waals surface area contributed by atoms with Crippen molar-refractivity contribution in [1.82, 2.24) is 4.57 Å². The molecule has 0 radical (unpaired) electrons. The van der Waals surface area contributed by atoms with Crippen molar-refractivity contribution in [2.24, 2.45) is 11.8 Å². The highest BCUT2D eigenvalue weighted by Crippen LogP contribution is 2.45. The zero-order valence-corrected chi connectivity index (χ0v) is 33.2. The first kappa shape index (κ1) is 34.6. The van der Waals surface area contributed by atoms with Gasteiger partial charge in [0.2, 0.25) is 0 Å². The molecule has 60 heavy (non-hydrogen) atoms. The Labute approximate surface area is 351 Å². The van der Waals surface area contributed by atoms with Crippen LogP contribution in [0.1, 0.15) is 11.1 Å². The molecule has 2 nitrogen and oxygen atoms in total. The predicted molar refractivity (Wildman–Crippen MR) is 253 cm³/mol. The smallest absolute Gasteiger partial charge is 0.0541 e. The van der Waals surface area contributed by atoms with Gasteiger partial charge in [-0.3, -0.25) is 0 Å². The van der Waals surface area contributed by atoms with Crippen molar-refractivity contribution in [2.75, 3.05) is 4.90 Å². The lowest BCUT2D eigenvalue weighted by Gasteiger charge is -2.35. The maximum Gasteiger partial charge on any atom is 0.0541 e. The minimum atomic E-state index is 0.475. The van der Waals surface area contributed by atoms with Gasteiger partial charge in [-0.2, -0.15) is 0 Å². The molecule has 0 fully saturated rings. The van der Waals surface area contributed by atoms with Crippen LogP contribution in [0.4, 0.5) is 17.1 Å². The van der Waals surface area contributed by atoms with E-state index in [0.717, 1.165) is 29.9 Å². The first-order chi connectivity index (χ1) is 29.7. The molecule has 0 bridgehead atoms. The van der Waals surface area contributed by atoms with Gasteiger partial charge >= 0.3 is 0 Å². The van der Waals surface area contributed by atoms with Gasteiger partial charge in [-0.05, 0) is 135 Å². The second-order valence-corrected chi connectivity index (χ2v) is 16.5. The predicted octanol–water partition coefficient (Wildman–Crippen LogP) is 15.1. The summed E-state index contributed by atoms with van der Waals surface area (Å²) in [4.78, 5) is 2.36. The second-order valence-electron chi connectivity index (χ2n) is 16.5. The summed E-state index contributed by atoms with van der Waals surface area (Å²) in [7, 11) is 0. The molecule has 2 unspecified atom stereocenters. The Kier molecular flexibility index (Phi) is 8.16. The van der Waals surface area contributed by atoms with Crippen LogP contribution in [-0.4, -0.2) is 4.57 Å². The average molecular weight is 767 g/mol. The first-order valence-electron chi connectivity index (χ1n) is 21.2. The van der Waals surface area contributed by atoms with Crippen molar-refractivity contribution in [2.45, 2.75) is 12.8 Å². The Balaban J connectivity index is 0.893. The quantitative estimate of drug-likeness (QED) is 0.164. The molecule has 2 atom stereocenters. The number of nitrogens with zero attached hydrogens (tertiary/aromatic N) is 2. The van der Waals surface area contributed by atoms with Gasteiger partial charge in [0.15, 0.2) is 0 Å². The number of hydrogen-bond donors (Lipinski definition) is 0. The molecule has 0 N–H and O–H groups in total. The third-order valence-electron chi connectivity index (χ3n) is 13.1. The number of rotatable bonds is 6. The first-order valence-corrected chi connectivity index (χ1v) is 21.2. The molecule has 1 heterocycles. The SMILES string of the molecule is C1=CC2=CC=CC3Cc4cccc5c(-c6ccc(N(c7ccccc7)c7ccc(-c8ccc9c(c8)c8ccccc8n9-c8ccccc8)cc7)cc6)ccc(c45)CC(=C1)C23. The van der Waals surface area contributed by atoms with Crippen LogP contribution in [0.25, 0.3) is 60.5 Å². The van der Waals surface area contributed by atoms with E-state index in [1.165, 1.54) is 82.8 Å². The van der Waals surface area contributed by atoms with Gasteiger partial charge in [0.05, 0.1) is 11.0 Å². The summed E-state index contributed by atoms with van der Waals surface area (Å²) in [6.45, 7) is 0. The minimum Gasteiger partial charge on any atom is -0.311 e. The Hall–Kier alpha value is -7.42. The summed E-state index contributed by atoms with van der Waals surface area (Å²) in [5.74, 6) is 0.959. The molecule has 0 saturated heterocycles. The van der Waals surface area contributed by atoms with Gasteiger partial charge in [-0.1, -0.05) is 157 Å². The summed E-state index contributed by atoms with van der Waals surface area (Å²) in [6.07, 6.45) is 16.0. The largest absolute Gasteiger partial charge is 0.311 e. The molecule has 12 rings (SSSR count). The molecule has 0 spiro atoms. The lowest BCUT2D eigenvalue weighted by molar-refractivity contribution is 0.497. The fourth-order valence-electron chi connectivity index (χ4n) is 10.4. The van der Waals surface area contributed by atoms with Crippen molar-refractivity contribution in [3.63, 3.8) is 0 Å². The van der Waals surface area contributed by atoms with E-state index in [4.69, 9.17) is 0 Å². The molecule has 0 saturated carbocycles. The molecule has 0 amide bonds. The molecular weight excluding hydrogens is 725 g/mol. The molecular formula is C58H42N2. The van der Waals surface area contributed by atoms with Gasteiger partial charge in [-0.15, -0.1) is 0 Å². The Bertz CT molecular complexity index is 3230. The summed E-state index contributed by atoms with van der Waals surface area (Å²) in [6, 6.07) is 66.9.